The van der Waals surface area contributed by atoms with Gasteiger partial charge in [0.05, 0.1) is 13.0 Å². The Labute approximate surface area is 127 Å². The quantitative estimate of drug-likeness (QED) is 0.872. The number of carbonyl (C=O) groups excluding carboxylic acids is 1. The zero-order chi connectivity index (χ0) is 15.1. The number of amides is 1. The average molecular weight is 290 g/mol. The Hall–Kier alpha value is -1.55. The normalized spacial score (nSPS) is 16.7. The lowest BCUT2D eigenvalue weighted by atomic mass is 9.97. The summed E-state index contributed by atoms with van der Waals surface area (Å²) in [6, 6.07) is 7.76. The van der Waals surface area contributed by atoms with E-state index in [1.165, 1.54) is 12.8 Å². The van der Waals surface area contributed by atoms with Crippen LogP contribution in [-0.2, 0) is 11.2 Å². The number of carbonyl (C=O) groups is 1. The van der Waals surface area contributed by atoms with Crippen molar-refractivity contribution < 1.29 is 9.53 Å². The van der Waals surface area contributed by atoms with Crippen molar-refractivity contribution in [3.63, 3.8) is 0 Å². The van der Waals surface area contributed by atoms with Crippen LogP contribution >= 0.6 is 0 Å². The zero-order valence-corrected chi connectivity index (χ0v) is 13.1. The van der Waals surface area contributed by atoms with Crippen molar-refractivity contribution in [2.45, 2.75) is 26.2 Å². The first-order chi connectivity index (χ1) is 10.2. The molecule has 2 rings (SSSR count). The summed E-state index contributed by atoms with van der Waals surface area (Å²) in [5.41, 5.74) is 1.03. The van der Waals surface area contributed by atoms with E-state index in [1.54, 1.807) is 0 Å². The standard InChI is InChI=1S/C17H26N2O2/c1-3-21-16-6-4-14(5-7-16)12-17(20)18-13-15-8-10-19(2)11-9-15/h4-7,15H,3,8-13H2,1-2H3,(H,18,20). The lowest BCUT2D eigenvalue weighted by Gasteiger charge is -2.28. The minimum atomic E-state index is 0.109. The third-order valence-corrected chi connectivity index (χ3v) is 4.03. The second-order valence-electron chi connectivity index (χ2n) is 5.80. The zero-order valence-electron chi connectivity index (χ0n) is 13.1. The Bertz CT molecular complexity index is 437. The molecular formula is C17H26N2O2. The predicted molar refractivity (Wildman–Crippen MR) is 84.5 cm³/mol. The first-order valence-electron chi connectivity index (χ1n) is 7.84. The van der Waals surface area contributed by atoms with Crippen LogP contribution in [0.15, 0.2) is 24.3 Å². The monoisotopic (exact) mass is 290 g/mol. The molecule has 1 aliphatic rings. The maximum atomic E-state index is 12.0. The van der Waals surface area contributed by atoms with Gasteiger partial charge in [-0.25, -0.2) is 0 Å². The van der Waals surface area contributed by atoms with Crippen molar-refractivity contribution in [1.29, 1.82) is 0 Å². The second kappa shape index (κ2) is 8.03. The average Bonchev–Trinajstić information content (AvgIpc) is 2.49. The maximum absolute atomic E-state index is 12.0. The summed E-state index contributed by atoms with van der Waals surface area (Å²) in [7, 11) is 2.15. The smallest absolute Gasteiger partial charge is 0.224 e. The molecule has 1 heterocycles. The molecule has 1 aromatic carbocycles. The van der Waals surface area contributed by atoms with Crippen molar-refractivity contribution >= 4 is 5.91 Å². The van der Waals surface area contributed by atoms with Crippen LogP contribution in [0, 0.1) is 5.92 Å². The highest BCUT2D eigenvalue weighted by Crippen LogP contribution is 2.15. The van der Waals surface area contributed by atoms with Gasteiger partial charge < -0.3 is 15.0 Å². The molecule has 1 amide bonds. The molecule has 1 fully saturated rings. The molecule has 0 aromatic heterocycles. The third kappa shape index (κ3) is 5.38. The Balaban J connectivity index is 1.71. The van der Waals surface area contributed by atoms with Gasteiger partial charge in [-0.05, 0) is 63.5 Å². The number of hydrogen-bond donors (Lipinski definition) is 1. The summed E-state index contributed by atoms with van der Waals surface area (Å²) in [5, 5.41) is 3.07. The minimum absolute atomic E-state index is 0.109. The highest BCUT2D eigenvalue weighted by Gasteiger charge is 2.17. The van der Waals surface area contributed by atoms with Gasteiger partial charge in [0.2, 0.25) is 5.91 Å². The van der Waals surface area contributed by atoms with Crippen LogP contribution in [0.4, 0.5) is 0 Å². The number of nitrogens with one attached hydrogen (secondary N) is 1. The molecular weight excluding hydrogens is 264 g/mol. The highest BCUT2D eigenvalue weighted by molar-refractivity contribution is 5.78. The van der Waals surface area contributed by atoms with Gasteiger partial charge in [0.1, 0.15) is 5.75 Å². The number of nitrogens with zero attached hydrogens (tertiary/aromatic N) is 1. The van der Waals surface area contributed by atoms with Crippen molar-refractivity contribution in [2.24, 2.45) is 5.92 Å². The number of piperidine rings is 1. The van der Waals surface area contributed by atoms with E-state index in [9.17, 15) is 4.79 Å². The lowest BCUT2D eigenvalue weighted by Crippen LogP contribution is -2.37. The molecule has 0 spiro atoms. The van der Waals surface area contributed by atoms with Crippen LogP contribution in [0.1, 0.15) is 25.3 Å². The van der Waals surface area contributed by atoms with Gasteiger partial charge in [0, 0.05) is 6.54 Å². The topological polar surface area (TPSA) is 41.6 Å². The SMILES string of the molecule is CCOc1ccc(CC(=O)NCC2CCN(C)CC2)cc1. The summed E-state index contributed by atoms with van der Waals surface area (Å²) in [4.78, 5) is 14.3. The molecule has 1 saturated heterocycles. The van der Waals surface area contributed by atoms with E-state index < -0.39 is 0 Å². The van der Waals surface area contributed by atoms with Gasteiger partial charge in [-0.1, -0.05) is 12.1 Å². The minimum Gasteiger partial charge on any atom is -0.494 e. The molecule has 0 saturated carbocycles. The summed E-state index contributed by atoms with van der Waals surface area (Å²) >= 11 is 0. The Morgan fingerprint density at radius 3 is 2.57 bits per heavy atom. The van der Waals surface area contributed by atoms with E-state index in [1.807, 2.05) is 31.2 Å². The van der Waals surface area contributed by atoms with E-state index >= 15 is 0 Å². The van der Waals surface area contributed by atoms with Crippen molar-refractivity contribution in [2.75, 3.05) is 33.3 Å². The highest BCUT2D eigenvalue weighted by atomic mass is 16.5. The molecule has 0 radical (unpaired) electrons. The molecule has 1 aromatic rings. The van der Waals surface area contributed by atoms with Crippen LogP contribution in [-0.4, -0.2) is 44.1 Å². The first kappa shape index (κ1) is 15.8. The molecule has 0 bridgehead atoms. The molecule has 116 valence electrons. The lowest BCUT2D eigenvalue weighted by molar-refractivity contribution is -0.120. The summed E-state index contributed by atoms with van der Waals surface area (Å²) in [6.45, 7) is 5.71. The van der Waals surface area contributed by atoms with Gasteiger partial charge in [-0.15, -0.1) is 0 Å². The fourth-order valence-electron chi connectivity index (χ4n) is 2.64. The van der Waals surface area contributed by atoms with Gasteiger partial charge in [-0.2, -0.15) is 0 Å². The fourth-order valence-corrected chi connectivity index (χ4v) is 2.64. The molecule has 0 atom stereocenters. The maximum Gasteiger partial charge on any atom is 0.224 e. The summed E-state index contributed by atoms with van der Waals surface area (Å²) < 4.78 is 5.40. The number of likely N-dealkylation sites (tertiary alicyclic amines) is 1. The van der Waals surface area contributed by atoms with Gasteiger partial charge in [0.15, 0.2) is 0 Å². The van der Waals surface area contributed by atoms with Crippen molar-refractivity contribution in [3.05, 3.63) is 29.8 Å². The van der Waals surface area contributed by atoms with E-state index in [2.05, 4.69) is 17.3 Å². The second-order valence-corrected chi connectivity index (χ2v) is 5.80. The van der Waals surface area contributed by atoms with Gasteiger partial charge in [0.25, 0.3) is 0 Å². The van der Waals surface area contributed by atoms with E-state index in [4.69, 9.17) is 4.74 Å². The molecule has 0 aliphatic carbocycles. The molecule has 4 heteroatoms. The van der Waals surface area contributed by atoms with E-state index in [-0.39, 0.29) is 5.91 Å². The van der Waals surface area contributed by atoms with Crippen LogP contribution in [0.25, 0.3) is 0 Å². The number of hydrogen-bond acceptors (Lipinski definition) is 3. The molecule has 21 heavy (non-hydrogen) atoms. The predicted octanol–water partition coefficient (Wildman–Crippen LogP) is 2.09. The van der Waals surface area contributed by atoms with Crippen LogP contribution in [0.5, 0.6) is 5.75 Å². The van der Waals surface area contributed by atoms with Crippen LogP contribution < -0.4 is 10.1 Å². The van der Waals surface area contributed by atoms with Gasteiger partial charge in [-0.3, -0.25) is 4.79 Å². The Morgan fingerprint density at radius 1 is 1.29 bits per heavy atom. The van der Waals surface area contributed by atoms with Crippen LogP contribution in [0.3, 0.4) is 0 Å². The number of rotatable bonds is 6. The first-order valence-corrected chi connectivity index (χ1v) is 7.84. The Morgan fingerprint density at radius 2 is 1.95 bits per heavy atom. The third-order valence-electron chi connectivity index (χ3n) is 4.03. The molecule has 0 unspecified atom stereocenters. The Kier molecular flexibility index (Phi) is 6.05. The fraction of sp³-hybridized carbons (Fsp3) is 0.588. The summed E-state index contributed by atoms with van der Waals surface area (Å²) in [5.74, 6) is 1.59. The largest absolute Gasteiger partial charge is 0.494 e. The number of ether oxygens (including phenoxy) is 1. The van der Waals surface area contributed by atoms with E-state index in [0.29, 0.717) is 18.9 Å². The van der Waals surface area contributed by atoms with E-state index in [0.717, 1.165) is 30.9 Å². The van der Waals surface area contributed by atoms with Crippen molar-refractivity contribution in [1.82, 2.24) is 10.2 Å². The summed E-state index contributed by atoms with van der Waals surface area (Å²) in [6.07, 6.45) is 2.80. The van der Waals surface area contributed by atoms with Crippen LogP contribution in [0.2, 0.25) is 0 Å². The molecule has 1 aliphatic heterocycles. The molecule has 1 N–H and O–H groups in total. The number of benzene rings is 1. The van der Waals surface area contributed by atoms with Crippen molar-refractivity contribution in [3.8, 4) is 5.75 Å². The van der Waals surface area contributed by atoms with Gasteiger partial charge >= 0.3 is 0 Å². The molecule has 4 nitrogen and oxygen atoms in total.